The number of rotatable bonds is 4. The second-order valence-electron chi connectivity index (χ2n) is 6.90. The Morgan fingerprint density at radius 3 is 2.39 bits per heavy atom. The minimum Gasteiger partial charge on any atom is -0.367 e. The Balaban J connectivity index is 1.47. The highest BCUT2D eigenvalue weighted by Crippen LogP contribution is 2.30. The average Bonchev–Trinajstić information content (AvgIpc) is 2.71. The number of nitrogens with one attached hydrogen (secondary N) is 1. The van der Waals surface area contributed by atoms with Gasteiger partial charge in [-0.25, -0.2) is 0 Å². The maximum Gasteiger partial charge on any atom is 0.255 e. The fourth-order valence-corrected chi connectivity index (χ4v) is 4.05. The summed E-state index contributed by atoms with van der Waals surface area (Å²) in [5, 5.41) is 3.63. The highest BCUT2D eigenvalue weighted by molar-refractivity contribution is 6.40. The number of carbonyl (C=O) groups excluding carboxylic acids is 1. The van der Waals surface area contributed by atoms with E-state index >= 15 is 0 Å². The zero-order valence-electron chi connectivity index (χ0n) is 15.3. The zero-order chi connectivity index (χ0) is 19.5. The van der Waals surface area contributed by atoms with Crippen molar-refractivity contribution in [1.82, 2.24) is 0 Å². The first-order valence-corrected chi connectivity index (χ1v) is 10.0. The van der Waals surface area contributed by atoms with Crippen LogP contribution in [-0.4, -0.2) is 12.5 Å². The summed E-state index contributed by atoms with van der Waals surface area (Å²) in [4.78, 5) is 14.9. The van der Waals surface area contributed by atoms with Gasteiger partial charge in [-0.2, -0.15) is 0 Å². The summed E-state index contributed by atoms with van der Waals surface area (Å²) < 4.78 is 0. The summed E-state index contributed by atoms with van der Waals surface area (Å²) in [6, 6.07) is 21.4. The molecule has 0 radical (unpaired) electrons. The van der Waals surface area contributed by atoms with E-state index in [1.807, 2.05) is 24.3 Å². The Bertz CT molecular complexity index is 981. The molecule has 0 aromatic heterocycles. The van der Waals surface area contributed by atoms with E-state index in [2.05, 4.69) is 34.5 Å². The topological polar surface area (TPSA) is 32.3 Å². The van der Waals surface area contributed by atoms with Crippen LogP contribution in [0.3, 0.4) is 0 Å². The van der Waals surface area contributed by atoms with Crippen LogP contribution in [0.4, 0.5) is 11.4 Å². The molecule has 1 N–H and O–H groups in total. The number of fused-ring (bicyclic) bond motifs is 1. The predicted molar refractivity (Wildman–Crippen MR) is 117 cm³/mol. The third kappa shape index (κ3) is 4.01. The van der Waals surface area contributed by atoms with Gasteiger partial charge in [0.15, 0.2) is 0 Å². The first kappa shape index (κ1) is 18.9. The summed E-state index contributed by atoms with van der Waals surface area (Å²) in [7, 11) is 0. The van der Waals surface area contributed by atoms with Gasteiger partial charge in [0.1, 0.15) is 0 Å². The first-order chi connectivity index (χ1) is 13.6. The van der Waals surface area contributed by atoms with E-state index in [0.717, 1.165) is 25.9 Å². The Morgan fingerprint density at radius 2 is 1.64 bits per heavy atom. The molecule has 1 amide bonds. The molecule has 142 valence electrons. The van der Waals surface area contributed by atoms with Crippen molar-refractivity contribution in [2.75, 3.05) is 16.8 Å². The van der Waals surface area contributed by atoms with Gasteiger partial charge >= 0.3 is 0 Å². The van der Waals surface area contributed by atoms with E-state index in [1.165, 1.54) is 16.8 Å². The van der Waals surface area contributed by atoms with Crippen LogP contribution in [0, 0.1) is 0 Å². The number of carbonyl (C=O) groups is 1. The summed E-state index contributed by atoms with van der Waals surface area (Å²) in [6.45, 7) is 1.87. The highest BCUT2D eigenvalue weighted by Gasteiger charge is 2.17. The van der Waals surface area contributed by atoms with Crippen molar-refractivity contribution in [1.29, 1.82) is 0 Å². The molecule has 3 nitrogen and oxygen atoms in total. The molecule has 0 aliphatic carbocycles. The molecule has 0 unspecified atom stereocenters. The average molecular weight is 411 g/mol. The molecular weight excluding hydrogens is 391 g/mol. The Hall–Kier alpha value is -2.49. The number of hydrogen-bond acceptors (Lipinski definition) is 2. The normalized spacial score (nSPS) is 13.1. The van der Waals surface area contributed by atoms with Crippen molar-refractivity contribution in [3.8, 4) is 0 Å². The smallest absolute Gasteiger partial charge is 0.255 e. The quantitative estimate of drug-likeness (QED) is 0.555. The van der Waals surface area contributed by atoms with E-state index in [9.17, 15) is 4.79 Å². The van der Waals surface area contributed by atoms with Crippen LogP contribution in [0.5, 0.6) is 0 Å². The summed E-state index contributed by atoms with van der Waals surface area (Å²) in [6.07, 6.45) is 2.30. The fraction of sp³-hybridized carbons (Fsp3) is 0.174. The van der Waals surface area contributed by atoms with E-state index in [1.54, 1.807) is 18.2 Å². The highest BCUT2D eigenvalue weighted by atomic mass is 35.5. The molecule has 1 aliphatic heterocycles. The van der Waals surface area contributed by atoms with Gasteiger partial charge in [0.2, 0.25) is 0 Å². The number of amides is 1. The zero-order valence-corrected chi connectivity index (χ0v) is 16.8. The molecule has 0 atom stereocenters. The minimum atomic E-state index is -0.232. The standard InChI is InChI=1S/C23H20Cl2N2O/c24-19-7-3-8-20(25)22(19)26-23(28)18-12-10-16(11-13-18)15-27-14-4-6-17-5-1-2-9-21(17)27/h1-3,5,7-13H,4,6,14-15H2,(H,26,28). The molecular formula is C23H20Cl2N2O. The van der Waals surface area contributed by atoms with Crippen molar-refractivity contribution in [2.45, 2.75) is 19.4 Å². The first-order valence-electron chi connectivity index (χ1n) is 9.29. The van der Waals surface area contributed by atoms with Crippen LogP contribution in [0.15, 0.2) is 66.7 Å². The number of para-hydroxylation sites is 2. The minimum absolute atomic E-state index is 0.232. The number of anilines is 2. The molecule has 0 saturated heterocycles. The van der Waals surface area contributed by atoms with E-state index in [0.29, 0.717) is 21.3 Å². The van der Waals surface area contributed by atoms with Crippen molar-refractivity contribution < 1.29 is 4.79 Å². The second kappa shape index (κ2) is 8.26. The van der Waals surface area contributed by atoms with Crippen molar-refractivity contribution in [3.05, 3.63) is 93.5 Å². The van der Waals surface area contributed by atoms with Gasteiger partial charge in [0.25, 0.3) is 5.91 Å². The molecule has 5 heteroatoms. The molecule has 0 fully saturated rings. The lowest BCUT2D eigenvalue weighted by Gasteiger charge is -2.31. The number of halogens is 2. The van der Waals surface area contributed by atoms with Crippen LogP contribution in [0.25, 0.3) is 0 Å². The number of benzene rings is 3. The molecule has 1 heterocycles. The lowest BCUT2D eigenvalue weighted by molar-refractivity contribution is 0.102. The number of aryl methyl sites for hydroxylation is 1. The van der Waals surface area contributed by atoms with Gasteiger partial charge in [0.05, 0.1) is 15.7 Å². The maximum absolute atomic E-state index is 12.5. The van der Waals surface area contributed by atoms with Crippen LogP contribution < -0.4 is 10.2 Å². The molecule has 4 rings (SSSR count). The Labute approximate surface area is 174 Å². The largest absolute Gasteiger partial charge is 0.367 e. The van der Waals surface area contributed by atoms with Gasteiger partial charge in [-0.1, -0.05) is 59.6 Å². The van der Waals surface area contributed by atoms with Crippen molar-refractivity contribution in [3.63, 3.8) is 0 Å². The molecule has 1 aliphatic rings. The van der Waals surface area contributed by atoms with Gasteiger partial charge < -0.3 is 10.2 Å². The number of nitrogens with zero attached hydrogens (tertiary/aromatic N) is 1. The molecule has 3 aromatic carbocycles. The van der Waals surface area contributed by atoms with Gasteiger partial charge in [0, 0.05) is 24.3 Å². The van der Waals surface area contributed by atoms with Gasteiger partial charge in [-0.15, -0.1) is 0 Å². The monoisotopic (exact) mass is 410 g/mol. The third-order valence-corrected chi connectivity index (χ3v) is 5.63. The van der Waals surface area contributed by atoms with E-state index in [4.69, 9.17) is 23.2 Å². The predicted octanol–water partition coefficient (Wildman–Crippen LogP) is 6.20. The summed E-state index contributed by atoms with van der Waals surface area (Å²) in [5.41, 5.74) is 4.89. The van der Waals surface area contributed by atoms with E-state index in [-0.39, 0.29) is 5.91 Å². The molecule has 0 bridgehead atoms. The van der Waals surface area contributed by atoms with Crippen LogP contribution in [0.1, 0.15) is 27.9 Å². The molecule has 0 spiro atoms. The lowest BCUT2D eigenvalue weighted by Crippen LogP contribution is -2.28. The van der Waals surface area contributed by atoms with Crippen LogP contribution in [-0.2, 0) is 13.0 Å². The molecule has 3 aromatic rings. The van der Waals surface area contributed by atoms with Gasteiger partial charge in [-0.05, 0) is 54.3 Å². The van der Waals surface area contributed by atoms with Crippen molar-refractivity contribution >= 4 is 40.5 Å². The third-order valence-electron chi connectivity index (χ3n) is 5.00. The Kier molecular flexibility index (Phi) is 5.56. The summed E-state index contributed by atoms with van der Waals surface area (Å²) in [5.74, 6) is -0.232. The Morgan fingerprint density at radius 1 is 0.929 bits per heavy atom. The fourth-order valence-electron chi connectivity index (χ4n) is 3.56. The van der Waals surface area contributed by atoms with Crippen LogP contribution in [0.2, 0.25) is 10.0 Å². The maximum atomic E-state index is 12.5. The second-order valence-corrected chi connectivity index (χ2v) is 7.72. The molecule has 0 saturated carbocycles. The lowest BCUT2D eigenvalue weighted by atomic mass is 10.0. The SMILES string of the molecule is O=C(Nc1c(Cl)cccc1Cl)c1ccc(CN2CCCc3ccccc32)cc1. The van der Waals surface area contributed by atoms with E-state index < -0.39 is 0 Å². The van der Waals surface area contributed by atoms with Crippen molar-refractivity contribution in [2.24, 2.45) is 0 Å². The van der Waals surface area contributed by atoms with Crippen LogP contribution >= 0.6 is 23.2 Å². The van der Waals surface area contributed by atoms with Gasteiger partial charge in [-0.3, -0.25) is 4.79 Å². The number of hydrogen-bond donors (Lipinski definition) is 1. The summed E-state index contributed by atoms with van der Waals surface area (Å²) >= 11 is 12.3. The molecule has 28 heavy (non-hydrogen) atoms.